The molecule has 0 radical (unpaired) electrons. The second-order valence-electron chi connectivity index (χ2n) is 10.0. The van der Waals surface area contributed by atoms with Crippen LogP contribution in [-0.4, -0.2) is 41.6 Å². The van der Waals surface area contributed by atoms with Crippen LogP contribution in [0.5, 0.6) is 0 Å². The second kappa shape index (κ2) is 11.5. The molecule has 0 amide bonds. The maximum atomic E-state index is 13.3. The Bertz CT molecular complexity index is 2300. The van der Waals surface area contributed by atoms with Gasteiger partial charge in [-0.15, -0.1) is 0 Å². The van der Waals surface area contributed by atoms with E-state index in [0.29, 0.717) is 10.7 Å². The molecule has 4 heterocycles. The highest BCUT2D eigenvalue weighted by Crippen LogP contribution is 2.31. The largest absolute Gasteiger partial charge is 0.333 e. The van der Waals surface area contributed by atoms with E-state index in [-0.39, 0.29) is 10.6 Å². The Balaban J connectivity index is 0.000000265. The monoisotopic (exact) mass is 624 g/mol. The van der Waals surface area contributed by atoms with Gasteiger partial charge in [0, 0.05) is 42.8 Å². The fourth-order valence-electron chi connectivity index (χ4n) is 4.91. The number of hydrogen-bond donors (Lipinski definition) is 1. The third-order valence-corrected chi connectivity index (χ3v) is 8.34. The Hall–Kier alpha value is -5.10. The normalized spacial score (nSPS) is 11.5. The van der Waals surface area contributed by atoms with E-state index in [1.807, 2.05) is 60.3 Å². The topological polar surface area (TPSA) is 125 Å². The van der Waals surface area contributed by atoms with Crippen molar-refractivity contribution in [2.75, 3.05) is 0 Å². The van der Waals surface area contributed by atoms with Gasteiger partial charge in [-0.3, -0.25) is 23.7 Å². The molecule has 0 saturated carbocycles. The number of halogens is 1. The average Bonchev–Trinajstić information content (AvgIpc) is 3.64. The van der Waals surface area contributed by atoms with E-state index in [0.717, 1.165) is 44.3 Å². The zero-order chi connectivity index (χ0) is 31.0. The van der Waals surface area contributed by atoms with Crippen molar-refractivity contribution < 1.29 is 13.0 Å². The molecule has 0 aliphatic carbocycles. The maximum Gasteiger partial charge on any atom is 0.333 e. The van der Waals surface area contributed by atoms with Crippen molar-refractivity contribution in [1.82, 2.24) is 28.7 Å². The molecule has 0 fully saturated rings. The van der Waals surface area contributed by atoms with Crippen molar-refractivity contribution in [3.05, 3.63) is 131 Å². The minimum Gasteiger partial charge on any atom is -0.305 e. The van der Waals surface area contributed by atoms with Crippen molar-refractivity contribution >= 4 is 43.7 Å². The smallest absolute Gasteiger partial charge is 0.305 e. The van der Waals surface area contributed by atoms with E-state index in [4.69, 9.17) is 16.2 Å². The molecule has 0 atom stereocenters. The van der Waals surface area contributed by atoms with Gasteiger partial charge >= 0.3 is 5.69 Å². The third-order valence-electron chi connectivity index (χ3n) is 7.17. The Labute approximate surface area is 257 Å². The Morgan fingerprint density at radius 3 is 2.34 bits per heavy atom. The van der Waals surface area contributed by atoms with Gasteiger partial charge in [0.05, 0.1) is 50.4 Å². The first-order valence-corrected chi connectivity index (χ1v) is 15.2. The van der Waals surface area contributed by atoms with Crippen LogP contribution in [0.1, 0.15) is 5.56 Å². The Morgan fingerprint density at radius 1 is 0.886 bits per heavy atom. The van der Waals surface area contributed by atoms with Gasteiger partial charge < -0.3 is 4.57 Å². The lowest BCUT2D eigenvalue weighted by Gasteiger charge is -2.10. The van der Waals surface area contributed by atoms with Crippen LogP contribution >= 0.6 is 11.6 Å². The van der Waals surface area contributed by atoms with Gasteiger partial charge in [-0.2, -0.15) is 8.42 Å². The molecular formula is C32H25ClN6O4S. The summed E-state index contributed by atoms with van der Waals surface area (Å²) in [7, 11) is -2.27. The first-order valence-electron chi connectivity index (χ1n) is 13.3. The number of fused-ring (bicyclic) bond motifs is 3. The molecule has 44 heavy (non-hydrogen) atoms. The molecule has 220 valence electrons. The summed E-state index contributed by atoms with van der Waals surface area (Å²) in [6, 6.07) is 21.5. The highest BCUT2D eigenvalue weighted by molar-refractivity contribution is 7.85. The molecule has 10 nitrogen and oxygen atoms in total. The van der Waals surface area contributed by atoms with E-state index in [1.54, 1.807) is 59.3 Å². The summed E-state index contributed by atoms with van der Waals surface area (Å²) in [5.41, 5.74) is 6.58. The quantitative estimate of drug-likeness (QED) is 0.237. The van der Waals surface area contributed by atoms with Crippen molar-refractivity contribution in [2.24, 2.45) is 7.05 Å². The van der Waals surface area contributed by atoms with E-state index in [1.165, 1.54) is 12.1 Å². The highest BCUT2D eigenvalue weighted by Gasteiger charge is 2.18. The lowest BCUT2D eigenvalue weighted by atomic mass is 10.0. The lowest BCUT2D eigenvalue weighted by molar-refractivity contribution is 0.483. The molecule has 7 rings (SSSR count). The third kappa shape index (κ3) is 5.51. The average molecular weight is 625 g/mol. The van der Waals surface area contributed by atoms with Crippen molar-refractivity contribution in [3.63, 3.8) is 0 Å². The molecular weight excluding hydrogens is 600 g/mol. The zero-order valence-corrected chi connectivity index (χ0v) is 25.1. The number of hydrogen-bond acceptors (Lipinski definition) is 6. The van der Waals surface area contributed by atoms with Crippen LogP contribution in [0.15, 0.2) is 120 Å². The Morgan fingerprint density at radius 2 is 1.68 bits per heavy atom. The number of imidazole rings is 2. The maximum absolute atomic E-state index is 13.3. The fraction of sp³-hybridized carbons (Fsp3) is 0.0625. The summed E-state index contributed by atoms with van der Waals surface area (Å²) in [4.78, 5) is 26.2. The SMILES string of the molecule is Cc1ccc(S(=O)(=O)O)cc1.Cn1c(=O)n(-c2ccc(-n3ccnc3)c(Cl)c2)c2c3cc(-c4cccnc4)ccc3ncc21. The number of aromatic nitrogens is 6. The first kappa shape index (κ1) is 29.0. The zero-order valence-electron chi connectivity index (χ0n) is 23.5. The van der Waals surface area contributed by atoms with E-state index in [2.05, 4.69) is 21.0 Å². The van der Waals surface area contributed by atoms with Gasteiger partial charge in [0.25, 0.3) is 10.1 Å². The van der Waals surface area contributed by atoms with E-state index >= 15 is 0 Å². The Kier molecular flexibility index (Phi) is 7.60. The number of aryl methyl sites for hydroxylation is 2. The van der Waals surface area contributed by atoms with Gasteiger partial charge in [-0.1, -0.05) is 41.4 Å². The van der Waals surface area contributed by atoms with E-state index < -0.39 is 10.1 Å². The predicted octanol–water partition coefficient (Wildman–Crippen LogP) is 6.02. The van der Waals surface area contributed by atoms with Gasteiger partial charge in [0.15, 0.2) is 0 Å². The van der Waals surface area contributed by atoms with Gasteiger partial charge in [0.2, 0.25) is 0 Å². The predicted molar refractivity (Wildman–Crippen MR) is 170 cm³/mol. The van der Waals surface area contributed by atoms with Crippen molar-refractivity contribution in [1.29, 1.82) is 0 Å². The molecule has 1 N–H and O–H groups in total. The molecule has 7 aromatic rings. The van der Waals surface area contributed by atoms with Gasteiger partial charge in [-0.05, 0) is 61.0 Å². The van der Waals surface area contributed by atoms with E-state index in [9.17, 15) is 13.2 Å². The highest BCUT2D eigenvalue weighted by atomic mass is 35.5. The standard InChI is InChI=1S/C25H17ClN6O.C7H8O3S/c1-30-23-14-29-21-6-4-16(17-3-2-8-27-13-17)11-19(21)24(23)32(25(30)33)18-5-7-22(20(26)12-18)31-10-9-28-15-31;1-6-2-4-7(5-3-6)11(8,9)10/h2-15H,1H3;2-5H,1H3,(H,8,9,10). The van der Waals surface area contributed by atoms with Crippen molar-refractivity contribution in [3.8, 4) is 22.5 Å². The van der Waals surface area contributed by atoms with Crippen LogP contribution in [0.2, 0.25) is 5.02 Å². The summed E-state index contributed by atoms with van der Waals surface area (Å²) in [5.74, 6) is 0. The number of rotatable bonds is 4. The summed E-state index contributed by atoms with van der Waals surface area (Å²) in [6.45, 7) is 1.84. The fourth-order valence-corrected chi connectivity index (χ4v) is 5.66. The molecule has 0 spiro atoms. The number of pyridine rings is 2. The van der Waals surface area contributed by atoms with Crippen LogP contribution in [0, 0.1) is 6.92 Å². The number of nitrogens with zero attached hydrogens (tertiary/aromatic N) is 6. The van der Waals surface area contributed by atoms with Gasteiger partial charge in [-0.25, -0.2) is 9.78 Å². The van der Waals surface area contributed by atoms with Gasteiger partial charge in [0.1, 0.15) is 0 Å². The molecule has 0 saturated heterocycles. The van der Waals surface area contributed by atoms with Crippen LogP contribution in [-0.2, 0) is 17.2 Å². The summed E-state index contributed by atoms with van der Waals surface area (Å²) < 4.78 is 34.7. The molecule has 3 aromatic carbocycles. The van der Waals surface area contributed by atoms with Crippen LogP contribution in [0.3, 0.4) is 0 Å². The molecule has 0 unspecified atom stereocenters. The van der Waals surface area contributed by atoms with Crippen molar-refractivity contribution in [2.45, 2.75) is 11.8 Å². The molecule has 4 aromatic heterocycles. The minimum atomic E-state index is -4.02. The number of benzene rings is 3. The molecule has 12 heteroatoms. The lowest BCUT2D eigenvalue weighted by Crippen LogP contribution is -2.20. The second-order valence-corrected chi connectivity index (χ2v) is 11.9. The summed E-state index contributed by atoms with van der Waals surface area (Å²) >= 11 is 6.61. The van der Waals surface area contributed by atoms with Crippen LogP contribution < -0.4 is 5.69 Å². The minimum absolute atomic E-state index is 0.0666. The molecule has 0 aliphatic heterocycles. The summed E-state index contributed by atoms with van der Waals surface area (Å²) in [5, 5.41) is 1.39. The molecule has 0 bridgehead atoms. The summed E-state index contributed by atoms with van der Waals surface area (Å²) in [6.07, 6.45) is 10.5. The van der Waals surface area contributed by atoms with Crippen LogP contribution in [0.4, 0.5) is 0 Å². The van der Waals surface area contributed by atoms with Crippen LogP contribution in [0.25, 0.3) is 44.4 Å². The first-order chi connectivity index (χ1) is 21.1. The molecule has 0 aliphatic rings.